The highest BCUT2D eigenvalue weighted by molar-refractivity contribution is 7.19. The summed E-state index contributed by atoms with van der Waals surface area (Å²) in [6, 6.07) is 12.2. The molecule has 142 valence electrons. The summed E-state index contributed by atoms with van der Waals surface area (Å²) in [6.45, 7) is 2.53. The Morgan fingerprint density at radius 3 is 2.64 bits per heavy atom. The molecule has 0 saturated heterocycles. The number of nitrogens with one attached hydrogen (secondary N) is 1. The molecule has 0 aliphatic carbocycles. The Bertz CT molecular complexity index is 1100. The maximum atomic E-state index is 13.4. The van der Waals surface area contributed by atoms with Crippen molar-refractivity contribution < 1.29 is 9.50 Å². The fourth-order valence-electron chi connectivity index (χ4n) is 3.14. The van der Waals surface area contributed by atoms with Crippen LogP contribution in [0.25, 0.3) is 21.3 Å². The maximum Gasteiger partial charge on any atom is 0.139 e. The van der Waals surface area contributed by atoms with E-state index in [2.05, 4.69) is 20.3 Å². The summed E-state index contributed by atoms with van der Waals surface area (Å²) in [6.07, 6.45) is 2.14. The van der Waals surface area contributed by atoms with Gasteiger partial charge in [-0.2, -0.15) is 0 Å². The first-order valence-corrected chi connectivity index (χ1v) is 9.78. The zero-order valence-electron chi connectivity index (χ0n) is 15.3. The van der Waals surface area contributed by atoms with Crippen LogP contribution in [0.3, 0.4) is 0 Å². The Balaban J connectivity index is 1.83. The molecule has 4 aromatic rings. The van der Waals surface area contributed by atoms with Crippen LogP contribution in [0.15, 0.2) is 48.7 Å². The molecular weight excluding hydrogens is 375 g/mol. The number of rotatable bonds is 6. The zero-order valence-corrected chi connectivity index (χ0v) is 16.1. The lowest BCUT2D eigenvalue weighted by Gasteiger charge is -2.11. The third-order valence-corrected chi connectivity index (χ3v) is 5.40. The van der Waals surface area contributed by atoms with E-state index in [1.807, 2.05) is 25.1 Å². The first-order chi connectivity index (χ1) is 13.7. The van der Waals surface area contributed by atoms with E-state index in [-0.39, 0.29) is 12.4 Å². The predicted octanol–water partition coefficient (Wildman–Crippen LogP) is 4.35. The van der Waals surface area contributed by atoms with Crippen molar-refractivity contribution in [2.24, 2.45) is 0 Å². The van der Waals surface area contributed by atoms with E-state index < -0.39 is 0 Å². The lowest BCUT2D eigenvalue weighted by Crippen LogP contribution is -2.07. The van der Waals surface area contributed by atoms with Gasteiger partial charge < -0.3 is 10.4 Å². The summed E-state index contributed by atoms with van der Waals surface area (Å²) >= 11 is 1.57. The maximum absolute atomic E-state index is 13.4. The van der Waals surface area contributed by atoms with Crippen LogP contribution < -0.4 is 5.32 Å². The minimum absolute atomic E-state index is 0.0135. The second-order valence-electron chi connectivity index (χ2n) is 6.36. The van der Waals surface area contributed by atoms with Crippen molar-refractivity contribution in [2.75, 3.05) is 11.9 Å². The largest absolute Gasteiger partial charge is 0.396 e. The van der Waals surface area contributed by atoms with Gasteiger partial charge in [0.25, 0.3) is 0 Å². The predicted molar refractivity (Wildman–Crippen MR) is 110 cm³/mol. The molecule has 4 rings (SSSR count). The molecule has 0 aliphatic heterocycles. The number of aromatic nitrogens is 3. The van der Waals surface area contributed by atoms with Crippen LogP contribution in [0.1, 0.15) is 16.4 Å². The van der Waals surface area contributed by atoms with E-state index in [0.717, 1.165) is 31.9 Å². The number of halogens is 1. The normalized spacial score (nSPS) is 11.1. The second kappa shape index (κ2) is 8.00. The molecule has 2 N–H and O–H groups in total. The SMILES string of the molecule is Cc1sc2nc(CCO)nc(NCc3ccccn3)c2c1-c1ccc(F)cc1. The van der Waals surface area contributed by atoms with Gasteiger partial charge in [0.1, 0.15) is 22.3 Å². The van der Waals surface area contributed by atoms with Crippen LogP contribution >= 0.6 is 11.3 Å². The van der Waals surface area contributed by atoms with Crippen molar-refractivity contribution in [3.63, 3.8) is 0 Å². The summed E-state index contributed by atoms with van der Waals surface area (Å²) in [5.41, 5.74) is 2.82. The first-order valence-electron chi connectivity index (χ1n) is 8.96. The van der Waals surface area contributed by atoms with Crippen molar-refractivity contribution in [1.82, 2.24) is 15.0 Å². The summed E-state index contributed by atoms with van der Waals surface area (Å²) < 4.78 is 13.4. The number of anilines is 1. The number of aryl methyl sites for hydroxylation is 1. The van der Waals surface area contributed by atoms with Gasteiger partial charge in [-0.25, -0.2) is 14.4 Å². The van der Waals surface area contributed by atoms with Crippen molar-refractivity contribution >= 4 is 27.4 Å². The Labute approximate surface area is 165 Å². The number of pyridine rings is 1. The van der Waals surface area contributed by atoms with Crippen molar-refractivity contribution in [2.45, 2.75) is 19.9 Å². The van der Waals surface area contributed by atoms with Gasteiger partial charge in [-0.15, -0.1) is 11.3 Å². The number of hydrogen-bond acceptors (Lipinski definition) is 6. The molecule has 3 heterocycles. The Morgan fingerprint density at radius 2 is 1.93 bits per heavy atom. The molecule has 7 heteroatoms. The summed E-state index contributed by atoms with van der Waals surface area (Å²) in [5.74, 6) is 1.02. The van der Waals surface area contributed by atoms with E-state index >= 15 is 0 Å². The summed E-state index contributed by atoms with van der Waals surface area (Å²) in [7, 11) is 0. The monoisotopic (exact) mass is 394 g/mol. The molecule has 5 nitrogen and oxygen atoms in total. The average molecular weight is 394 g/mol. The highest BCUT2D eigenvalue weighted by atomic mass is 32.1. The molecule has 0 spiro atoms. The van der Waals surface area contributed by atoms with Crippen LogP contribution in [-0.2, 0) is 13.0 Å². The topological polar surface area (TPSA) is 70.9 Å². The molecule has 0 amide bonds. The number of aliphatic hydroxyl groups excluding tert-OH is 1. The minimum atomic E-state index is -0.268. The van der Waals surface area contributed by atoms with E-state index in [1.54, 1.807) is 29.7 Å². The lowest BCUT2D eigenvalue weighted by molar-refractivity contribution is 0.297. The van der Waals surface area contributed by atoms with Crippen molar-refractivity contribution in [1.29, 1.82) is 0 Å². The van der Waals surface area contributed by atoms with Crippen LogP contribution in [0.5, 0.6) is 0 Å². The van der Waals surface area contributed by atoms with E-state index in [4.69, 9.17) is 0 Å². The number of nitrogens with zero attached hydrogens (tertiary/aromatic N) is 3. The molecule has 1 aromatic carbocycles. The van der Waals surface area contributed by atoms with Crippen LogP contribution in [-0.4, -0.2) is 26.7 Å². The number of fused-ring (bicyclic) bond motifs is 1. The van der Waals surface area contributed by atoms with Crippen LogP contribution in [0, 0.1) is 12.7 Å². The second-order valence-corrected chi connectivity index (χ2v) is 7.56. The van der Waals surface area contributed by atoms with E-state index in [0.29, 0.717) is 24.6 Å². The standard InChI is InChI=1S/C21H19FN4OS/c1-13-18(14-5-7-15(22)8-6-14)19-20(24-12-16-4-2-3-10-23-16)25-17(9-11-27)26-21(19)28-13/h2-8,10,27H,9,11-12H2,1H3,(H,24,25,26). The average Bonchev–Trinajstić information content (AvgIpc) is 3.04. The number of hydrogen-bond donors (Lipinski definition) is 2. The minimum Gasteiger partial charge on any atom is -0.396 e. The highest BCUT2D eigenvalue weighted by Crippen LogP contribution is 2.40. The first kappa shape index (κ1) is 18.5. The third-order valence-electron chi connectivity index (χ3n) is 4.41. The van der Waals surface area contributed by atoms with Gasteiger partial charge in [-0.05, 0) is 36.8 Å². The van der Waals surface area contributed by atoms with Gasteiger partial charge in [0.05, 0.1) is 24.2 Å². The van der Waals surface area contributed by atoms with Gasteiger partial charge in [0.2, 0.25) is 0 Å². The third kappa shape index (κ3) is 3.72. The molecule has 0 fully saturated rings. The molecule has 0 atom stereocenters. The lowest BCUT2D eigenvalue weighted by atomic mass is 10.0. The van der Waals surface area contributed by atoms with Crippen molar-refractivity contribution in [3.05, 3.63) is 70.9 Å². The molecule has 0 aliphatic rings. The smallest absolute Gasteiger partial charge is 0.139 e. The molecular formula is C21H19FN4OS. The van der Waals surface area contributed by atoms with Crippen molar-refractivity contribution in [3.8, 4) is 11.1 Å². The molecule has 0 radical (unpaired) electrons. The number of aliphatic hydroxyl groups is 1. The van der Waals surface area contributed by atoms with Gasteiger partial charge in [0, 0.05) is 23.1 Å². The fourth-order valence-corrected chi connectivity index (χ4v) is 4.20. The Hall–Kier alpha value is -2.90. The molecule has 0 bridgehead atoms. The summed E-state index contributed by atoms with van der Waals surface area (Å²) in [4.78, 5) is 15.5. The van der Waals surface area contributed by atoms with Gasteiger partial charge in [-0.1, -0.05) is 18.2 Å². The van der Waals surface area contributed by atoms with Gasteiger partial charge >= 0.3 is 0 Å². The van der Waals surface area contributed by atoms with Crippen LogP contribution in [0.2, 0.25) is 0 Å². The fraction of sp³-hybridized carbons (Fsp3) is 0.190. The van der Waals surface area contributed by atoms with Gasteiger partial charge in [-0.3, -0.25) is 4.98 Å². The molecule has 28 heavy (non-hydrogen) atoms. The van der Waals surface area contributed by atoms with Crippen LogP contribution in [0.4, 0.5) is 10.2 Å². The number of thiophene rings is 1. The summed E-state index contributed by atoms with van der Waals surface area (Å²) in [5, 5.41) is 13.6. The Kier molecular flexibility index (Phi) is 5.27. The quantitative estimate of drug-likeness (QED) is 0.509. The Morgan fingerprint density at radius 1 is 1.11 bits per heavy atom. The molecule has 0 unspecified atom stereocenters. The molecule has 3 aromatic heterocycles. The zero-order chi connectivity index (χ0) is 19.5. The molecule has 0 saturated carbocycles. The highest BCUT2D eigenvalue weighted by Gasteiger charge is 2.18. The van der Waals surface area contributed by atoms with E-state index in [1.165, 1.54) is 12.1 Å². The van der Waals surface area contributed by atoms with E-state index in [9.17, 15) is 9.50 Å². The number of benzene rings is 1. The van der Waals surface area contributed by atoms with Gasteiger partial charge in [0.15, 0.2) is 0 Å².